The molecule has 358 valence electrons. The fraction of sp³-hybridized carbons (Fsp3) is 0.133. The van der Waals surface area contributed by atoms with Crippen LogP contribution >= 0.6 is 47.0 Å². The van der Waals surface area contributed by atoms with Crippen LogP contribution in [0.1, 0.15) is 24.0 Å². The predicted molar refractivity (Wildman–Crippen MR) is 317 cm³/mol. The molecule has 9 heterocycles. The number of aromatic amines is 2. The third kappa shape index (κ3) is 13.5. The van der Waals surface area contributed by atoms with Crippen molar-refractivity contribution in [2.45, 2.75) is 25.7 Å². The number of rotatable bonds is 1. The van der Waals surface area contributed by atoms with Crippen molar-refractivity contribution in [1.82, 2.24) is 9.97 Å². The Morgan fingerprint density at radius 2 is 1.03 bits per heavy atom. The normalized spacial score (nSPS) is 14.1. The number of furan rings is 2. The van der Waals surface area contributed by atoms with Gasteiger partial charge in [0.25, 0.3) is 0 Å². The van der Waals surface area contributed by atoms with Gasteiger partial charge < -0.3 is 28.6 Å². The highest BCUT2D eigenvalue weighted by atomic mass is 32.2. The van der Waals surface area contributed by atoms with Gasteiger partial charge in [-0.3, -0.25) is 0 Å². The lowest BCUT2D eigenvalue weighted by molar-refractivity contribution is 0.612. The third-order valence-electron chi connectivity index (χ3n) is 12.2. The summed E-state index contributed by atoms with van der Waals surface area (Å²) in [6, 6.07) is 56.7. The second kappa shape index (κ2) is 25.7. The highest BCUT2D eigenvalue weighted by Crippen LogP contribution is 2.50. The Hall–Kier alpha value is -6.34. The minimum atomic E-state index is -0.160. The molecule has 6 aromatic carbocycles. The van der Waals surface area contributed by atoms with E-state index in [1.807, 2.05) is 146 Å². The Bertz CT molecular complexity index is 3070. The van der Waals surface area contributed by atoms with Crippen LogP contribution in [0.2, 0.25) is 0 Å². The first-order chi connectivity index (χ1) is 35.1. The maximum absolute atomic E-state index is 5.25. The van der Waals surface area contributed by atoms with E-state index in [-0.39, 0.29) is 9.52 Å². The first-order valence-corrected chi connectivity index (χ1v) is 28.9. The minimum Gasteiger partial charge on any atom is -0.464 e. The first-order valence-electron chi connectivity index (χ1n) is 24.0. The molecule has 4 aromatic heterocycles. The SMILES string of the molecule is C1=CSC(=C2SC=CS2)S1.CN(C)c1ccccc1.c1cc2c3c(c1)CCCN3CCC2.c1cc2cc3occc3cc2o1.c1cc[nH]c1.c1ccc2[nH]ccc2c1.c1ccc2c(c1)[SiH2]c1ccccc1-2. The number of anilines is 2. The van der Waals surface area contributed by atoms with E-state index in [1.165, 1.54) is 75.0 Å². The quantitative estimate of drug-likeness (QED) is 0.158. The summed E-state index contributed by atoms with van der Waals surface area (Å²) in [7, 11) is 3.91. The molecule has 0 saturated heterocycles. The van der Waals surface area contributed by atoms with Crippen molar-refractivity contribution < 1.29 is 8.83 Å². The van der Waals surface area contributed by atoms with Crippen molar-refractivity contribution in [2.75, 3.05) is 37.0 Å². The zero-order valence-corrected chi connectivity index (χ0v) is 44.8. The van der Waals surface area contributed by atoms with Crippen molar-refractivity contribution in [3.8, 4) is 11.1 Å². The lowest BCUT2D eigenvalue weighted by atomic mass is 9.92. The number of hydrogen-bond donors (Lipinski definition) is 2. The Labute approximate surface area is 436 Å². The van der Waals surface area contributed by atoms with Crippen molar-refractivity contribution >= 4 is 111 Å². The molecule has 5 aliphatic heterocycles. The number of benzene rings is 6. The van der Waals surface area contributed by atoms with E-state index in [4.69, 9.17) is 8.83 Å². The largest absolute Gasteiger partial charge is 0.464 e. The Morgan fingerprint density at radius 3 is 1.54 bits per heavy atom. The van der Waals surface area contributed by atoms with Crippen molar-refractivity contribution in [2.24, 2.45) is 0 Å². The van der Waals surface area contributed by atoms with E-state index in [1.54, 1.807) is 39.7 Å². The van der Waals surface area contributed by atoms with Gasteiger partial charge in [-0.05, 0) is 136 Å². The number of thioether (sulfide) groups is 4. The molecule has 15 rings (SSSR count). The van der Waals surface area contributed by atoms with E-state index >= 15 is 0 Å². The van der Waals surface area contributed by atoms with Crippen LogP contribution in [0, 0.1) is 0 Å². The second-order valence-corrected chi connectivity index (χ2v) is 23.2. The van der Waals surface area contributed by atoms with E-state index in [2.05, 4.69) is 138 Å². The number of para-hydroxylation sites is 3. The molecule has 11 heteroatoms. The van der Waals surface area contributed by atoms with Gasteiger partial charge in [0.1, 0.15) is 11.2 Å². The highest BCUT2D eigenvalue weighted by molar-refractivity contribution is 8.33. The third-order valence-corrected chi connectivity index (χ3v) is 19.0. The lowest BCUT2D eigenvalue weighted by Gasteiger charge is -2.36. The Kier molecular flexibility index (Phi) is 17.9. The van der Waals surface area contributed by atoms with E-state index in [0.29, 0.717) is 0 Å². The second-order valence-electron chi connectivity index (χ2n) is 17.1. The molecule has 0 saturated carbocycles. The average molecular weight is 1020 g/mol. The van der Waals surface area contributed by atoms with Crippen LogP contribution < -0.4 is 20.2 Å². The van der Waals surface area contributed by atoms with Gasteiger partial charge in [-0.15, -0.1) is 0 Å². The molecule has 0 spiro atoms. The van der Waals surface area contributed by atoms with Gasteiger partial charge in [-0.2, -0.15) is 0 Å². The van der Waals surface area contributed by atoms with E-state index < -0.39 is 0 Å². The van der Waals surface area contributed by atoms with E-state index in [0.717, 1.165) is 21.9 Å². The van der Waals surface area contributed by atoms with Crippen LogP contribution in [-0.2, 0) is 12.8 Å². The summed E-state index contributed by atoms with van der Waals surface area (Å²) in [4.78, 5) is 10.6. The molecule has 0 bridgehead atoms. The van der Waals surface area contributed by atoms with Crippen molar-refractivity contribution in [1.29, 1.82) is 0 Å². The first kappa shape index (κ1) is 49.6. The van der Waals surface area contributed by atoms with Crippen LogP contribution in [0.3, 0.4) is 0 Å². The Balaban J connectivity index is 0.000000104. The van der Waals surface area contributed by atoms with Crippen LogP contribution in [-0.4, -0.2) is 46.7 Å². The number of fused-ring (bicyclic) bond motifs is 6. The molecule has 0 amide bonds. The summed E-state index contributed by atoms with van der Waals surface area (Å²) in [6.07, 6.45) is 14.3. The number of aryl methyl sites for hydroxylation is 2. The van der Waals surface area contributed by atoms with Crippen molar-refractivity contribution in [3.05, 3.63) is 236 Å². The smallest absolute Gasteiger partial charge is 0.134 e. The van der Waals surface area contributed by atoms with Gasteiger partial charge in [0.15, 0.2) is 0 Å². The standard InChI is InChI=1S/C12H15N.C12H10Si.C10H6O2.C8H7N.C8H11N.C6H4S4.C4H5N/c1-4-10-6-2-8-13-9-3-7-11(5-1)12(10)13;1-3-7-11-9(5-1)10-6-2-4-8-12(10)13-11;1-3-11-9-6-8-2-4-12-10(8)5-7(1)9;1-2-4-8-7(3-1)5-6-9-8;1-9(2)8-6-4-3-5-7-8;1-2-8-5(7-1)6-9-3-4-10-6;1-2-4-5-3-1/h1,4-5H,2-3,6-9H2;1-8H,13H2;1-6H;1-6,9H;3-7H,1-2H3;1-4H;1-5H. The van der Waals surface area contributed by atoms with Gasteiger partial charge in [0, 0.05) is 73.4 Å². The molecule has 0 radical (unpaired) electrons. The van der Waals surface area contributed by atoms with E-state index in [9.17, 15) is 0 Å². The molecular weight excluding hydrogens is 965 g/mol. The maximum atomic E-state index is 5.25. The van der Waals surface area contributed by atoms with Crippen LogP contribution in [0.5, 0.6) is 0 Å². The number of nitrogens with zero attached hydrogens (tertiary/aromatic N) is 2. The summed E-state index contributed by atoms with van der Waals surface area (Å²) in [5, 5.41) is 15.2. The number of hydrogen-bond acceptors (Lipinski definition) is 8. The van der Waals surface area contributed by atoms with Gasteiger partial charge in [-0.1, -0.05) is 161 Å². The zero-order valence-electron chi connectivity index (χ0n) is 40.1. The molecule has 0 fully saturated rings. The molecule has 0 unspecified atom stereocenters. The van der Waals surface area contributed by atoms with Crippen LogP contribution in [0.15, 0.2) is 234 Å². The molecule has 0 aliphatic carbocycles. The lowest BCUT2D eigenvalue weighted by Crippen LogP contribution is -2.34. The van der Waals surface area contributed by atoms with Gasteiger partial charge in [0.05, 0.1) is 30.5 Å². The molecule has 2 N–H and O–H groups in total. The topological polar surface area (TPSA) is 64.3 Å². The average Bonchev–Trinajstić information content (AvgIpc) is 4.28. The number of nitrogens with one attached hydrogen (secondary N) is 2. The molecular formula is C60H58N4O2S4Si. The summed E-state index contributed by atoms with van der Waals surface area (Å²) in [5.74, 6) is 0. The zero-order chi connectivity index (χ0) is 48.5. The van der Waals surface area contributed by atoms with Crippen LogP contribution in [0.4, 0.5) is 11.4 Å². The highest BCUT2D eigenvalue weighted by Gasteiger charge is 2.22. The summed E-state index contributed by atoms with van der Waals surface area (Å²) in [5.41, 5.74) is 12.0. The molecule has 10 aromatic rings. The van der Waals surface area contributed by atoms with Gasteiger partial charge in [-0.25, -0.2) is 0 Å². The monoisotopic (exact) mass is 1020 g/mol. The maximum Gasteiger partial charge on any atom is 0.134 e. The summed E-state index contributed by atoms with van der Waals surface area (Å²) >= 11 is 7.28. The molecule has 71 heavy (non-hydrogen) atoms. The number of H-pyrrole nitrogens is 2. The minimum absolute atomic E-state index is 0.160. The Morgan fingerprint density at radius 1 is 0.507 bits per heavy atom. The van der Waals surface area contributed by atoms with Crippen molar-refractivity contribution in [3.63, 3.8) is 0 Å². The van der Waals surface area contributed by atoms with Crippen LogP contribution in [0.25, 0.3) is 44.0 Å². The summed E-state index contributed by atoms with van der Waals surface area (Å²) in [6.45, 7) is 2.56. The molecule has 5 aliphatic rings. The fourth-order valence-electron chi connectivity index (χ4n) is 8.81. The molecule has 6 nitrogen and oxygen atoms in total. The van der Waals surface area contributed by atoms with Gasteiger partial charge >= 0.3 is 0 Å². The number of aromatic nitrogens is 2. The fourth-order valence-corrected chi connectivity index (χ4v) is 14.8. The predicted octanol–water partition coefficient (Wildman–Crippen LogP) is 15.3. The summed E-state index contributed by atoms with van der Waals surface area (Å²) < 4.78 is 13.4. The van der Waals surface area contributed by atoms with Gasteiger partial charge in [0.2, 0.25) is 0 Å². The molecule has 0 atom stereocenters.